The van der Waals surface area contributed by atoms with Gasteiger partial charge in [0.2, 0.25) is 0 Å². The van der Waals surface area contributed by atoms with Gasteiger partial charge in [0.05, 0.1) is 4.47 Å². The molecule has 0 amide bonds. The van der Waals surface area contributed by atoms with Crippen LogP contribution in [0.15, 0.2) is 22.7 Å². The highest BCUT2D eigenvalue weighted by Gasteiger charge is 2.15. The number of benzene rings is 1. The minimum absolute atomic E-state index is 0.000579. The first-order valence-electron chi connectivity index (χ1n) is 6.20. The molecule has 102 valence electrons. The molecule has 18 heavy (non-hydrogen) atoms. The average molecular weight is 318 g/mol. The maximum absolute atomic E-state index is 13.0. The highest BCUT2D eigenvalue weighted by Crippen LogP contribution is 2.20. The molecular weight excluding hydrogens is 297 g/mol. The molecule has 1 rings (SSSR count). The molecule has 2 N–H and O–H groups in total. The quantitative estimate of drug-likeness (QED) is 0.755. The van der Waals surface area contributed by atoms with Crippen LogP contribution in [-0.4, -0.2) is 18.3 Å². The Bertz CT molecular complexity index is 382. The van der Waals surface area contributed by atoms with Crippen LogP contribution in [0.5, 0.6) is 0 Å². The van der Waals surface area contributed by atoms with Crippen molar-refractivity contribution in [3.63, 3.8) is 0 Å². The minimum Gasteiger partial charge on any atom is -0.396 e. The van der Waals surface area contributed by atoms with Crippen molar-refractivity contribution in [2.75, 3.05) is 13.2 Å². The zero-order valence-electron chi connectivity index (χ0n) is 11.0. The third-order valence-corrected chi connectivity index (χ3v) is 3.56. The number of hydrogen-bond acceptors (Lipinski definition) is 2. The fourth-order valence-electron chi connectivity index (χ4n) is 1.65. The smallest absolute Gasteiger partial charge is 0.137 e. The van der Waals surface area contributed by atoms with Gasteiger partial charge in [-0.25, -0.2) is 4.39 Å². The number of aliphatic hydroxyl groups is 1. The molecule has 4 heteroatoms. The van der Waals surface area contributed by atoms with E-state index >= 15 is 0 Å². The molecule has 0 atom stereocenters. The van der Waals surface area contributed by atoms with Gasteiger partial charge in [-0.1, -0.05) is 19.9 Å². The molecule has 0 bridgehead atoms. The normalized spacial score (nSPS) is 11.8. The zero-order chi connectivity index (χ0) is 13.6. The summed E-state index contributed by atoms with van der Waals surface area (Å²) in [5, 5.41) is 12.4. The molecular formula is C14H21BrFNO. The molecule has 0 saturated heterocycles. The Morgan fingerprint density at radius 3 is 2.72 bits per heavy atom. The van der Waals surface area contributed by atoms with Gasteiger partial charge >= 0.3 is 0 Å². The lowest BCUT2D eigenvalue weighted by Crippen LogP contribution is -2.20. The fourth-order valence-corrected chi connectivity index (χ4v) is 2.08. The molecule has 1 aromatic carbocycles. The molecule has 0 unspecified atom stereocenters. The van der Waals surface area contributed by atoms with Crippen molar-refractivity contribution in [1.82, 2.24) is 5.32 Å². The summed E-state index contributed by atoms with van der Waals surface area (Å²) in [4.78, 5) is 0. The van der Waals surface area contributed by atoms with E-state index in [2.05, 4.69) is 35.1 Å². The Morgan fingerprint density at radius 2 is 2.11 bits per heavy atom. The third kappa shape index (κ3) is 5.46. The molecule has 0 heterocycles. The Morgan fingerprint density at radius 1 is 1.39 bits per heavy atom. The van der Waals surface area contributed by atoms with Gasteiger partial charge in [0.1, 0.15) is 5.82 Å². The number of aliphatic hydroxyl groups excluding tert-OH is 1. The highest BCUT2D eigenvalue weighted by atomic mass is 79.9. The van der Waals surface area contributed by atoms with Crippen LogP contribution in [0.2, 0.25) is 0 Å². The van der Waals surface area contributed by atoms with E-state index in [0.29, 0.717) is 4.47 Å². The molecule has 0 aliphatic rings. The van der Waals surface area contributed by atoms with Crippen molar-refractivity contribution in [3.8, 4) is 0 Å². The Labute approximate surface area is 117 Å². The zero-order valence-corrected chi connectivity index (χ0v) is 12.6. The first kappa shape index (κ1) is 15.6. The van der Waals surface area contributed by atoms with Crippen LogP contribution in [0.3, 0.4) is 0 Å². The lowest BCUT2D eigenvalue weighted by molar-refractivity contribution is 0.148. The van der Waals surface area contributed by atoms with E-state index in [-0.39, 0.29) is 17.8 Å². The van der Waals surface area contributed by atoms with Gasteiger partial charge in [0.25, 0.3) is 0 Å². The number of nitrogens with one attached hydrogen (secondary N) is 1. The molecule has 0 saturated carbocycles. The summed E-state index contributed by atoms with van der Waals surface area (Å²) in [5.41, 5.74) is 1.06. The van der Waals surface area contributed by atoms with Crippen LogP contribution in [0, 0.1) is 11.2 Å². The topological polar surface area (TPSA) is 32.3 Å². The third-order valence-electron chi connectivity index (χ3n) is 2.95. The van der Waals surface area contributed by atoms with Crippen molar-refractivity contribution >= 4 is 15.9 Å². The lowest BCUT2D eigenvalue weighted by Gasteiger charge is -2.21. The van der Waals surface area contributed by atoms with Gasteiger partial charge in [0.15, 0.2) is 0 Å². The van der Waals surface area contributed by atoms with E-state index < -0.39 is 0 Å². The minimum atomic E-state index is -0.233. The summed E-state index contributed by atoms with van der Waals surface area (Å²) in [7, 11) is 0. The fraction of sp³-hybridized carbons (Fsp3) is 0.571. The Balaban J connectivity index is 2.24. The maximum atomic E-state index is 13.0. The van der Waals surface area contributed by atoms with Gasteiger partial charge in [-0.2, -0.15) is 0 Å². The highest BCUT2D eigenvalue weighted by molar-refractivity contribution is 9.10. The molecule has 0 aliphatic heterocycles. The average Bonchev–Trinajstić information content (AvgIpc) is 2.33. The number of rotatable bonds is 7. The van der Waals surface area contributed by atoms with Crippen molar-refractivity contribution in [3.05, 3.63) is 34.1 Å². The predicted octanol–water partition coefficient (Wildman–Crippen LogP) is 3.48. The molecule has 0 spiro atoms. The first-order valence-corrected chi connectivity index (χ1v) is 6.99. The van der Waals surface area contributed by atoms with Gasteiger partial charge in [-0.3, -0.25) is 0 Å². The summed E-state index contributed by atoms with van der Waals surface area (Å²) in [6.07, 6.45) is 2.01. The summed E-state index contributed by atoms with van der Waals surface area (Å²) in [6.45, 7) is 5.98. The van der Waals surface area contributed by atoms with Crippen LogP contribution in [0.4, 0.5) is 4.39 Å². The van der Waals surface area contributed by atoms with Gasteiger partial charge < -0.3 is 10.4 Å². The van der Waals surface area contributed by atoms with E-state index in [1.54, 1.807) is 12.1 Å². The molecule has 0 aromatic heterocycles. The van der Waals surface area contributed by atoms with Crippen molar-refractivity contribution in [2.24, 2.45) is 5.41 Å². The second kappa shape index (κ2) is 7.22. The Kier molecular flexibility index (Phi) is 6.26. The number of halogens is 2. The summed E-state index contributed by atoms with van der Waals surface area (Å²) < 4.78 is 13.5. The van der Waals surface area contributed by atoms with E-state index in [4.69, 9.17) is 5.11 Å². The van der Waals surface area contributed by atoms with Crippen molar-refractivity contribution in [2.45, 2.75) is 33.2 Å². The van der Waals surface area contributed by atoms with Crippen LogP contribution in [-0.2, 0) is 6.54 Å². The predicted molar refractivity (Wildman–Crippen MR) is 75.9 cm³/mol. The molecule has 2 nitrogen and oxygen atoms in total. The van der Waals surface area contributed by atoms with Crippen LogP contribution in [0.25, 0.3) is 0 Å². The maximum Gasteiger partial charge on any atom is 0.137 e. The summed E-state index contributed by atoms with van der Waals surface area (Å²) in [6, 6.07) is 5.04. The molecule has 0 fully saturated rings. The van der Waals surface area contributed by atoms with Gasteiger partial charge in [-0.05, 0) is 58.4 Å². The SMILES string of the molecule is CC(C)(CO)CCCNCc1ccc(F)c(Br)c1. The second-order valence-corrected chi connectivity index (χ2v) is 6.21. The number of hydrogen-bond donors (Lipinski definition) is 2. The Hall–Kier alpha value is -0.450. The van der Waals surface area contributed by atoms with E-state index in [0.717, 1.165) is 31.5 Å². The lowest BCUT2D eigenvalue weighted by atomic mass is 9.89. The largest absolute Gasteiger partial charge is 0.396 e. The van der Waals surface area contributed by atoms with Crippen LogP contribution in [0.1, 0.15) is 32.3 Å². The monoisotopic (exact) mass is 317 g/mol. The summed E-state index contributed by atoms with van der Waals surface area (Å²) >= 11 is 3.17. The van der Waals surface area contributed by atoms with Crippen LogP contribution >= 0.6 is 15.9 Å². The van der Waals surface area contributed by atoms with Crippen LogP contribution < -0.4 is 5.32 Å². The van der Waals surface area contributed by atoms with Gasteiger partial charge in [-0.15, -0.1) is 0 Å². The van der Waals surface area contributed by atoms with Crippen molar-refractivity contribution in [1.29, 1.82) is 0 Å². The molecule has 0 radical (unpaired) electrons. The first-order chi connectivity index (χ1) is 8.44. The standard InChI is InChI=1S/C14H21BrFNO/c1-14(2,10-18)6-3-7-17-9-11-4-5-13(16)12(15)8-11/h4-5,8,17-18H,3,6-7,9-10H2,1-2H3. The molecule has 0 aliphatic carbocycles. The van der Waals surface area contributed by atoms with Crippen molar-refractivity contribution < 1.29 is 9.50 Å². The second-order valence-electron chi connectivity index (χ2n) is 5.35. The molecule has 1 aromatic rings. The van der Waals surface area contributed by atoms with E-state index in [9.17, 15) is 4.39 Å². The van der Waals surface area contributed by atoms with E-state index in [1.807, 2.05) is 0 Å². The van der Waals surface area contributed by atoms with Gasteiger partial charge in [0, 0.05) is 13.2 Å². The van der Waals surface area contributed by atoms with E-state index in [1.165, 1.54) is 6.07 Å². The summed E-state index contributed by atoms with van der Waals surface area (Å²) in [5.74, 6) is -0.233.